The molecule has 11 heteroatoms. The number of nitrogens with zero attached hydrogens (tertiary/aromatic N) is 2. The number of hydrogen-bond donors (Lipinski definition) is 2. The lowest BCUT2D eigenvalue weighted by atomic mass is 9.93. The van der Waals surface area contributed by atoms with Crippen molar-refractivity contribution in [3.63, 3.8) is 0 Å². The number of alkyl halides is 3. The fraction of sp³-hybridized carbons (Fsp3) is 0.400. The van der Waals surface area contributed by atoms with E-state index in [1.807, 2.05) is 0 Å². The number of carboxylic acid groups (broad SMARTS) is 1. The standard InChI is InChI=1S/C15H12Br2F3N3O3/c16-9-2-6-1-7(3-10(24)25)14(26)23(5-15(18,19)20)4-8(6)11-12(9)21-22-13(11)17/h2,7H,1,3-5H2,(H,21,22)(H,24,25)/t7-/m0/s1. The molecule has 26 heavy (non-hydrogen) atoms. The van der Waals surface area contributed by atoms with Gasteiger partial charge in [-0.2, -0.15) is 18.3 Å². The van der Waals surface area contributed by atoms with Gasteiger partial charge < -0.3 is 10.0 Å². The number of carbonyl (C=O) groups excluding carboxylic acids is 1. The maximum atomic E-state index is 13.0. The van der Waals surface area contributed by atoms with Gasteiger partial charge in [-0.25, -0.2) is 0 Å². The van der Waals surface area contributed by atoms with Gasteiger partial charge in [-0.1, -0.05) is 0 Å². The minimum atomic E-state index is -4.59. The number of carbonyl (C=O) groups is 2. The molecule has 6 nitrogen and oxygen atoms in total. The minimum absolute atomic E-state index is 0.0426. The summed E-state index contributed by atoms with van der Waals surface area (Å²) in [5.74, 6) is -3.11. The number of H-pyrrole nitrogens is 1. The highest BCUT2D eigenvalue weighted by atomic mass is 79.9. The van der Waals surface area contributed by atoms with Crippen molar-refractivity contribution in [1.29, 1.82) is 0 Å². The van der Waals surface area contributed by atoms with E-state index < -0.39 is 36.9 Å². The number of nitrogens with one attached hydrogen (secondary N) is 1. The van der Waals surface area contributed by atoms with Crippen LogP contribution in [-0.4, -0.2) is 44.8 Å². The molecule has 0 bridgehead atoms. The molecule has 3 rings (SSSR count). The molecule has 1 aliphatic rings. The Hall–Kier alpha value is -1.62. The topological polar surface area (TPSA) is 86.3 Å². The fourth-order valence-corrected chi connectivity index (χ4v) is 4.29. The number of hydrogen-bond acceptors (Lipinski definition) is 3. The lowest BCUT2D eigenvalue weighted by Crippen LogP contribution is -2.41. The van der Waals surface area contributed by atoms with Crippen molar-refractivity contribution in [2.75, 3.05) is 6.54 Å². The Labute approximate surface area is 162 Å². The SMILES string of the molecule is O=C(O)C[C@@H]1Cc2cc(Br)c3[nH]nc(Br)c3c2CN(CC(F)(F)F)C1=O. The third-order valence-electron chi connectivity index (χ3n) is 4.22. The second-order valence-electron chi connectivity index (χ2n) is 6.07. The summed E-state index contributed by atoms with van der Waals surface area (Å²) in [6.45, 7) is -1.71. The van der Waals surface area contributed by atoms with Gasteiger partial charge in [0.1, 0.15) is 11.1 Å². The number of halogens is 5. The molecule has 0 aliphatic carbocycles. The molecule has 2 aromatic rings. The molecule has 1 atom stereocenters. The van der Waals surface area contributed by atoms with E-state index in [0.29, 0.717) is 36.0 Å². The van der Waals surface area contributed by atoms with Crippen LogP contribution >= 0.6 is 31.9 Å². The molecule has 1 aromatic carbocycles. The molecule has 0 unspecified atom stereocenters. The summed E-state index contributed by atoms with van der Waals surface area (Å²) < 4.78 is 39.9. The quantitative estimate of drug-likeness (QED) is 0.676. The molecule has 0 radical (unpaired) electrons. The number of aromatic nitrogens is 2. The van der Waals surface area contributed by atoms with E-state index in [1.165, 1.54) is 0 Å². The van der Waals surface area contributed by atoms with E-state index in [0.717, 1.165) is 0 Å². The monoisotopic (exact) mass is 497 g/mol. The van der Waals surface area contributed by atoms with E-state index in [2.05, 4.69) is 42.1 Å². The van der Waals surface area contributed by atoms with Crippen LogP contribution in [0, 0.1) is 5.92 Å². The highest BCUT2D eigenvalue weighted by Crippen LogP contribution is 2.37. The van der Waals surface area contributed by atoms with Crippen LogP contribution in [0.3, 0.4) is 0 Å². The number of aromatic amines is 1. The zero-order valence-electron chi connectivity index (χ0n) is 13.0. The third-order valence-corrected chi connectivity index (χ3v) is 5.42. The van der Waals surface area contributed by atoms with Crippen LogP contribution in [0.5, 0.6) is 0 Å². The van der Waals surface area contributed by atoms with Crippen molar-refractivity contribution in [3.05, 3.63) is 26.3 Å². The van der Waals surface area contributed by atoms with E-state index >= 15 is 0 Å². The van der Waals surface area contributed by atoms with Gasteiger partial charge in [0.15, 0.2) is 0 Å². The van der Waals surface area contributed by atoms with E-state index in [4.69, 9.17) is 5.11 Å². The second kappa shape index (κ2) is 6.84. The molecule has 1 aliphatic heterocycles. The van der Waals surface area contributed by atoms with Gasteiger partial charge in [0, 0.05) is 16.4 Å². The smallest absolute Gasteiger partial charge is 0.406 e. The highest BCUT2D eigenvalue weighted by molar-refractivity contribution is 9.11. The Kier molecular flexibility index (Phi) is 5.04. The first kappa shape index (κ1) is 19.2. The van der Waals surface area contributed by atoms with Crippen LogP contribution in [-0.2, 0) is 22.6 Å². The number of benzene rings is 1. The second-order valence-corrected chi connectivity index (χ2v) is 7.67. The average Bonchev–Trinajstić information content (AvgIpc) is 2.84. The molecular formula is C15H12Br2F3N3O3. The first-order valence-corrected chi connectivity index (χ1v) is 9.06. The average molecular weight is 499 g/mol. The summed E-state index contributed by atoms with van der Waals surface area (Å²) in [5, 5.41) is 16.4. The van der Waals surface area contributed by atoms with Gasteiger partial charge >= 0.3 is 12.1 Å². The lowest BCUT2D eigenvalue weighted by Gasteiger charge is -2.25. The van der Waals surface area contributed by atoms with Crippen LogP contribution in [0.1, 0.15) is 17.5 Å². The highest BCUT2D eigenvalue weighted by Gasteiger charge is 2.39. The normalized spacial score (nSPS) is 18.1. The van der Waals surface area contributed by atoms with Gasteiger partial charge in [0.25, 0.3) is 0 Å². The predicted molar refractivity (Wildman–Crippen MR) is 92.4 cm³/mol. The Balaban J connectivity index is 2.16. The predicted octanol–water partition coefficient (Wildman–Crippen LogP) is 3.63. The molecule has 1 aromatic heterocycles. The van der Waals surface area contributed by atoms with Crippen LogP contribution < -0.4 is 0 Å². The Morgan fingerprint density at radius 3 is 2.73 bits per heavy atom. The van der Waals surface area contributed by atoms with Gasteiger partial charge in [0.05, 0.1) is 17.9 Å². The van der Waals surface area contributed by atoms with Crippen molar-refractivity contribution in [2.24, 2.45) is 5.92 Å². The largest absolute Gasteiger partial charge is 0.481 e. The zero-order chi connectivity index (χ0) is 19.2. The van der Waals surface area contributed by atoms with Gasteiger partial charge in [-0.05, 0) is 55.5 Å². The molecule has 140 valence electrons. The maximum absolute atomic E-state index is 13.0. The van der Waals surface area contributed by atoms with Crippen LogP contribution in [0.4, 0.5) is 13.2 Å². The van der Waals surface area contributed by atoms with Crippen LogP contribution in [0.25, 0.3) is 10.9 Å². The summed E-state index contributed by atoms with van der Waals surface area (Å²) in [6, 6.07) is 1.70. The Bertz CT molecular complexity index is 898. The Morgan fingerprint density at radius 1 is 1.42 bits per heavy atom. The van der Waals surface area contributed by atoms with Gasteiger partial charge in [-0.3, -0.25) is 14.7 Å². The van der Waals surface area contributed by atoms with Crippen molar-refractivity contribution in [2.45, 2.75) is 25.6 Å². The lowest BCUT2D eigenvalue weighted by molar-refractivity contribution is -0.165. The van der Waals surface area contributed by atoms with E-state index in [1.54, 1.807) is 6.07 Å². The first-order valence-electron chi connectivity index (χ1n) is 7.48. The van der Waals surface area contributed by atoms with E-state index in [-0.39, 0.29) is 13.0 Å². The molecule has 2 N–H and O–H groups in total. The fourth-order valence-electron chi connectivity index (χ4n) is 3.20. The van der Waals surface area contributed by atoms with Crippen LogP contribution in [0.2, 0.25) is 0 Å². The molecule has 0 saturated heterocycles. The number of rotatable bonds is 3. The zero-order valence-corrected chi connectivity index (χ0v) is 16.2. The van der Waals surface area contributed by atoms with Crippen molar-refractivity contribution in [3.8, 4) is 0 Å². The van der Waals surface area contributed by atoms with Crippen LogP contribution in [0.15, 0.2) is 15.1 Å². The third kappa shape index (κ3) is 3.73. The van der Waals surface area contributed by atoms with Gasteiger partial charge in [-0.15, -0.1) is 0 Å². The van der Waals surface area contributed by atoms with Crippen molar-refractivity contribution < 1.29 is 27.9 Å². The van der Waals surface area contributed by atoms with E-state index in [9.17, 15) is 22.8 Å². The molecule has 0 fully saturated rings. The number of aliphatic carboxylic acids is 1. The number of amides is 1. The summed E-state index contributed by atoms with van der Waals surface area (Å²) in [6.07, 6.45) is -5.08. The molecular weight excluding hydrogens is 487 g/mol. The molecule has 0 spiro atoms. The number of carboxylic acids is 1. The Morgan fingerprint density at radius 2 is 2.12 bits per heavy atom. The molecule has 1 amide bonds. The summed E-state index contributed by atoms with van der Waals surface area (Å²) >= 11 is 6.65. The first-order chi connectivity index (χ1) is 12.1. The van der Waals surface area contributed by atoms with Crippen molar-refractivity contribution in [1.82, 2.24) is 15.1 Å². The summed E-state index contributed by atoms with van der Waals surface area (Å²) in [5.41, 5.74) is 1.73. The minimum Gasteiger partial charge on any atom is -0.481 e. The molecule has 0 saturated carbocycles. The summed E-state index contributed by atoms with van der Waals surface area (Å²) in [7, 11) is 0. The number of fused-ring (bicyclic) bond motifs is 3. The van der Waals surface area contributed by atoms with Crippen molar-refractivity contribution >= 4 is 54.6 Å². The summed E-state index contributed by atoms with van der Waals surface area (Å²) in [4.78, 5) is 24.4. The maximum Gasteiger partial charge on any atom is 0.406 e. The van der Waals surface area contributed by atoms with Gasteiger partial charge in [0.2, 0.25) is 5.91 Å². The molecule has 2 heterocycles.